The second kappa shape index (κ2) is 3.53. The van der Waals surface area contributed by atoms with Crippen LogP contribution in [-0.4, -0.2) is 25.4 Å². The quantitative estimate of drug-likeness (QED) is 0.651. The van der Waals surface area contributed by atoms with Gasteiger partial charge in [0.05, 0.1) is 0 Å². The third-order valence-electron chi connectivity index (χ3n) is 2.17. The van der Waals surface area contributed by atoms with Crippen LogP contribution in [0.1, 0.15) is 0 Å². The van der Waals surface area contributed by atoms with Gasteiger partial charge in [-0.3, -0.25) is 0 Å². The Kier molecular flexibility index (Phi) is 2.04. The Labute approximate surface area is 95.5 Å². The van der Waals surface area contributed by atoms with Gasteiger partial charge in [-0.15, -0.1) is 5.10 Å². The Balaban J connectivity index is 2.25. The van der Waals surface area contributed by atoms with Crippen LogP contribution in [0.4, 0.5) is 0 Å². The average molecular weight is 232 g/mol. The molecule has 6 heteroatoms. The maximum Gasteiger partial charge on any atom is 0.206 e. The van der Waals surface area contributed by atoms with Gasteiger partial charge in [-0.1, -0.05) is 41.9 Å². The van der Waals surface area contributed by atoms with Crippen molar-refractivity contribution in [2.24, 2.45) is 0 Å². The number of nitrogens with zero attached hydrogens (tertiary/aromatic N) is 4. The second-order valence-corrected chi connectivity index (χ2v) is 3.56. The van der Waals surface area contributed by atoms with Gasteiger partial charge < -0.3 is 0 Å². The van der Waals surface area contributed by atoms with Crippen LogP contribution in [0.3, 0.4) is 0 Å². The molecule has 2 heterocycles. The highest BCUT2D eigenvalue weighted by Gasteiger charge is 2.10. The number of halogens is 1. The zero-order valence-corrected chi connectivity index (χ0v) is 8.81. The number of hydrogen-bond acceptors (Lipinski definition) is 4. The van der Waals surface area contributed by atoms with Crippen LogP contribution in [0, 0.1) is 0 Å². The zero-order chi connectivity index (χ0) is 11.0. The maximum atomic E-state index is 5.98. The van der Waals surface area contributed by atoms with E-state index in [1.807, 2.05) is 30.3 Å². The number of benzene rings is 1. The van der Waals surface area contributed by atoms with Crippen molar-refractivity contribution in [3.63, 3.8) is 0 Å². The van der Waals surface area contributed by atoms with Crippen molar-refractivity contribution < 1.29 is 0 Å². The third kappa shape index (κ3) is 1.42. The largest absolute Gasteiger partial charge is 0.214 e. The summed E-state index contributed by atoms with van der Waals surface area (Å²) < 4.78 is 0. The normalized spacial score (nSPS) is 10.8. The molecule has 0 saturated heterocycles. The molecule has 0 amide bonds. The molecular formula is C10H6ClN5. The Bertz CT molecular complexity index is 634. The van der Waals surface area contributed by atoms with E-state index in [-0.39, 0.29) is 0 Å². The summed E-state index contributed by atoms with van der Waals surface area (Å²) in [5, 5.41) is 10.5. The van der Waals surface area contributed by atoms with Crippen LogP contribution >= 0.6 is 11.6 Å². The molecule has 0 saturated carbocycles. The summed E-state index contributed by atoms with van der Waals surface area (Å²) in [6.45, 7) is 0. The Morgan fingerprint density at radius 2 is 1.81 bits per heavy atom. The van der Waals surface area contributed by atoms with Crippen LogP contribution in [0.15, 0.2) is 30.3 Å². The molecule has 0 spiro atoms. The first-order valence-corrected chi connectivity index (χ1v) is 5.02. The van der Waals surface area contributed by atoms with Crippen molar-refractivity contribution >= 4 is 22.8 Å². The molecular weight excluding hydrogens is 226 g/mol. The molecule has 0 fully saturated rings. The van der Waals surface area contributed by atoms with Gasteiger partial charge in [0, 0.05) is 5.56 Å². The van der Waals surface area contributed by atoms with E-state index in [1.165, 1.54) is 0 Å². The first-order chi connectivity index (χ1) is 7.84. The number of aromatic nitrogens is 5. The molecule has 0 aliphatic rings. The summed E-state index contributed by atoms with van der Waals surface area (Å²) in [5.74, 6) is 0.548. The molecule has 3 rings (SSSR count). The molecule has 0 aliphatic carbocycles. The SMILES string of the molecule is Clc1nc(-c2ccccc2)nc2n[nH]nc12. The number of hydrogen-bond donors (Lipinski definition) is 1. The van der Waals surface area contributed by atoms with Gasteiger partial charge in [-0.05, 0) is 0 Å². The Morgan fingerprint density at radius 1 is 1.00 bits per heavy atom. The van der Waals surface area contributed by atoms with Crippen molar-refractivity contribution in [3.8, 4) is 11.4 Å². The van der Waals surface area contributed by atoms with E-state index in [0.717, 1.165) is 5.56 Å². The molecule has 1 N–H and O–H groups in total. The second-order valence-electron chi connectivity index (χ2n) is 3.20. The number of fused-ring (bicyclic) bond motifs is 1. The first-order valence-electron chi connectivity index (χ1n) is 4.64. The van der Waals surface area contributed by atoms with Crippen LogP contribution < -0.4 is 0 Å². The van der Waals surface area contributed by atoms with E-state index in [9.17, 15) is 0 Å². The van der Waals surface area contributed by atoms with Gasteiger partial charge in [-0.25, -0.2) is 9.97 Å². The topological polar surface area (TPSA) is 67.3 Å². The Morgan fingerprint density at radius 3 is 2.62 bits per heavy atom. The number of H-pyrrole nitrogens is 1. The highest BCUT2D eigenvalue weighted by molar-refractivity contribution is 6.33. The van der Waals surface area contributed by atoms with Gasteiger partial charge in [0.1, 0.15) is 0 Å². The minimum atomic E-state index is 0.303. The smallest absolute Gasteiger partial charge is 0.206 e. The van der Waals surface area contributed by atoms with Crippen LogP contribution in [0.25, 0.3) is 22.6 Å². The molecule has 0 atom stereocenters. The molecule has 1 aromatic carbocycles. The van der Waals surface area contributed by atoms with E-state index >= 15 is 0 Å². The van der Waals surface area contributed by atoms with Gasteiger partial charge in [0.2, 0.25) is 5.65 Å². The standard InChI is InChI=1S/C10H6ClN5/c11-8-7-10(15-16-14-7)13-9(12-8)6-4-2-1-3-5-6/h1-5H,(H,12,13,14,15,16). The zero-order valence-electron chi connectivity index (χ0n) is 8.05. The summed E-state index contributed by atoms with van der Waals surface area (Å²) in [6.07, 6.45) is 0. The van der Waals surface area contributed by atoms with Gasteiger partial charge in [0.15, 0.2) is 16.5 Å². The molecule has 3 aromatic rings. The maximum absolute atomic E-state index is 5.98. The summed E-state index contributed by atoms with van der Waals surface area (Å²) in [4.78, 5) is 8.44. The lowest BCUT2D eigenvalue weighted by Gasteiger charge is -1.99. The summed E-state index contributed by atoms with van der Waals surface area (Å²) in [6, 6.07) is 9.59. The first kappa shape index (κ1) is 9.23. The molecule has 2 aromatic heterocycles. The number of nitrogens with one attached hydrogen (secondary N) is 1. The van der Waals surface area contributed by atoms with Crippen LogP contribution in [0.2, 0.25) is 5.15 Å². The van der Waals surface area contributed by atoms with E-state index < -0.39 is 0 Å². The van der Waals surface area contributed by atoms with Crippen molar-refractivity contribution in [2.45, 2.75) is 0 Å². The minimum Gasteiger partial charge on any atom is -0.214 e. The summed E-state index contributed by atoms with van der Waals surface area (Å²) in [5.41, 5.74) is 1.86. The number of rotatable bonds is 1. The summed E-state index contributed by atoms with van der Waals surface area (Å²) >= 11 is 5.98. The molecule has 5 nitrogen and oxygen atoms in total. The van der Waals surface area contributed by atoms with Gasteiger partial charge in [-0.2, -0.15) is 10.3 Å². The average Bonchev–Trinajstić information content (AvgIpc) is 2.79. The van der Waals surface area contributed by atoms with Crippen molar-refractivity contribution in [1.29, 1.82) is 0 Å². The molecule has 0 unspecified atom stereocenters. The monoisotopic (exact) mass is 231 g/mol. The van der Waals surface area contributed by atoms with E-state index in [4.69, 9.17) is 11.6 Å². The summed E-state index contributed by atoms with van der Waals surface area (Å²) in [7, 11) is 0. The fourth-order valence-electron chi connectivity index (χ4n) is 1.43. The molecule has 16 heavy (non-hydrogen) atoms. The predicted octanol–water partition coefficient (Wildman–Crippen LogP) is 2.07. The molecule has 0 aliphatic heterocycles. The minimum absolute atomic E-state index is 0.303. The highest BCUT2D eigenvalue weighted by Crippen LogP contribution is 2.21. The highest BCUT2D eigenvalue weighted by atomic mass is 35.5. The Hall–Kier alpha value is -2.01. The molecule has 0 bridgehead atoms. The van der Waals surface area contributed by atoms with Crippen LogP contribution in [-0.2, 0) is 0 Å². The van der Waals surface area contributed by atoms with Gasteiger partial charge >= 0.3 is 0 Å². The van der Waals surface area contributed by atoms with Crippen molar-refractivity contribution in [3.05, 3.63) is 35.5 Å². The van der Waals surface area contributed by atoms with E-state index in [2.05, 4.69) is 25.4 Å². The van der Waals surface area contributed by atoms with E-state index in [0.29, 0.717) is 22.1 Å². The fraction of sp³-hybridized carbons (Fsp3) is 0. The van der Waals surface area contributed by atoms with Crippen molar-refractivity contribution in [1.82, 2.24) is 25.4 Å². The van der Waals surface area contributed by atoms with Crippen LogP contribution in [0.5, 0.6) is 0 Å². The predicted molar refractivity (Wildman–Crippen MR) is 59.9 cm³/mol. The van der Waals surface area contributed by atoms with Crippen molar-refractivity contribution in [2.75, 3.05) is 0 Å². The van der Waals surface area contributed by atoms with E-state index in [1.54, 1.807) is 0 Å². The lowest BCUT2D eigenvalue weighted by atomic mass is 10.2. The van der Waals surface area contributed by atoms with Gasteiger partial charge in [0.25, 0.3) is 0 Å². The fourth-order valence-corrected chi connectivity index (χ4v) is 1.64. The molecule has 0 radical (unpaired) electrons. The lowest BCUT2D eigenvalue weighted by molar-refractivity contribution is 0.954. The third-order valence-corrected chi connectivity index (χ3v) is 2.44. The molecule has 78 valence electrons. The number of aromatic amines is 1. The lowest BCUT2D eigenvalue weighted by Crippen LogP contribution is -1.90.